The van der Waals surface area contributed by atoms with Gasteiger partial charge in [0.25, 0.3) is 0 Å². The Bertz CT molecular complexity index is 512. The molecule has 0 aliphatic rings. The van der Waals surface area contributed by atoms with E-state index < -0.39 is 0 Å². The number of aldehydes is 1. The molecular weight excluding hydrogens is 198 g/mol. The van der Waals surface area contributed by atoms with Gasteiger partial charge in [0.15, 0.2) is 0 Å². The minimum Gasteiger partial charge on any atom is -0.298 e. The van der Waals surface area contributed by atoms with Gasteiger partial charge in [-0.3, -0.25) is 9.78 Å². The average Bonchev–Trinajstić information content (AvgIpc) is 2.29. The largest absolute Gasteiger partial charge is 0.298 e. The SMILES string of the molecule is Cc1cccc(C)c1-c1cc(C=O)ccn1. The third-order valence-electron chi connectivity index (χ3n) is 2.66. The minimum absolute atomic E-state index is 0.660. The van der Waals surface area contributed by atoms with Crippen molar-refractivity contribution >= 4 is 6.29 Å². The van der Waals surface area contributed by atoms with E-state index in [0.717, 1.165) is 17.5 Å². The van der Waals surface area contributed by atoms with Crippen LogP contribution in [0.4, 0.5) is 0 Å². The molecule has 0 radical (unpaired) electrons. The van der Waals surface area contributed by atoms with E-state index in [4.69, 9.17) is 0 Å². The highest BCUT2D eigenvalue weighted by atomic mass is 16.1. The molecule has 2 aromatic rings. The highest BCUT2D eigenvalue weighted by Crippen LogP contribution is 2.25. The van der Waals surface area contributed by atoms with E-state index in [1.165, 1.54) is 11.1 Å². The molecule has 2 rings (SSSR count). The van der Waals surface area contributed by atoms with Gasteiger partial charge >= 0.3 is 0 Å². The highest BCUT2D eigenvalue weighted by molar-refractivity contribution is 5.78. The maximum absolute atomic E-state index is 10.7. The number of carbonyl (C=O) groups is 1. The molecule has 16 heavy (non-hydrogen) atoms. The predicted octanol–water partition coefficient (Wildman–Crippen LogP) is 3.18. The Kier molecular flexibility index (Phi) is 2.82. The number of pyridine rings is 1. The highest BCUT2D eigenvalue weighted by Gasteiger charge is 2.06. The van der Waals surface area contributed by atoms with Gasteiger partial charge in [-0.1, -0.05) is 18.2 Å². The number of nitrogens with zero attached hydrogens (tertiary/aromatic N) is 1. The van der Waals surface area contributed by atoms with Crippen molar-refractivity contribution in [3.05, 3.63) is 53.2 Å². The van der Waals surface area contributed by atoms with Crippen LogP contribution in [0.3, 0.4) is 0 Å². The monoisotopic (exact) mass is 211 g/mol. The van der Waals surface area contributed by atoms with Crippen molar-refractivity contribution in [2.45, 2.75) is 13.8 Å². The van der Waals surface area contributed by atoms with Gasteiger partial charge in [-0.05, 0) is 37.1 Å². The molecule has 2 heteroatoms. The van der Waals surface area contributed by atoms with Gasteiger partial charge < -0.3 is 0 Å². The van der Waals surface area contributed by atoms with Crippen LogP contribution in [0.5, 0.6) is 0 Å². The van der Waals surface area contributed by atoms with E-state index in [2.05, 4.69) is 31.0 Å². The predicted molar refractivity (Wildman–Crippen MR) is 64.5 cm³/mol. The lowest BCUT2D eigenvalue weighted by Crippen LogP contribution is -1.92. The van der Waals surface area contributed by atoms with E-state index in [1.54, 1.807) is 12.3 Å². The lowest BCUT2D eigenvalue weighted by molar-refractivity contribution is 0.112. The molecule has 0 fully saturated rings. The van der Waals surface area contributed by atoms with Gasteiger partial charge in [0.1, 0.15) is 6.29 Å². The van der Waals surface area contributed by atoms with Crippen LogP contribution in [0.1, 0.15) is 21.5 Å². The summed E-state index contributed by atoms with van der Waals surface area (Å²) in [5.41, 5.74) is 4.99. The summed E-state index contributed by atoms with van der Waals surface area (Å²) in [4.78, 5) is 15.1. The number of hydrogen-bond donors (Lipinski definition) is 0. The van der Waals surface area contributed by atoms with E-state index in [1.807, 2.05) is 12.1 Å². The van der Waals surface area contributed by atoms with E-state index in [0.29, 0.717) is 5.56 Å². The molecule has 0 saturated carbocycles. The Hall–Kier alpha value is -1.96. The summed E-state index contributed by atoms with van der Waals surface area (Å²) in [6.45, 7) is 4.11. The Morgan fingerprint density at radius 2 is 1.81 bits per heavy atom. The smallest absolute Gasteiger partial charge is 0.150 e. The Balaban J connectivity index is 2.62. The van der Waals surface area contributed by atoms with Crippen molar-refractivity contribution in [3.63, 3.8) is 0 Å². The van der Waals surface area contributed by atoms with Crippen molar-refractivity contribution in [1.29, 1.82) is 0 Å². The van der Waals surface area contributed by atoms with Crippen molar-refractivity contribution in [1.82, 2.24) is 4.98 Å². The van der Waals surface area contributed by atoms with Gasteiger partial charge in [0.05, 0.1) is 5.69 Å². The number of benzene rings is 1. The zero-order valence-corrected chi connectivity index (χ0v) is 9.40. The number of rotatable bonds is 2. The molecule has 0 saturated heterocycles. The lowest BCUT2D eigenvalue weighted by Gasteiger charge is -2.08. The second kappa shape index (κ2) is 4.27. The fourth-order valence-electron chi connectivity index (χ4n) is 1.88. The lowest BCUT2D eigenvalue weighted by atomic mass is 9.99. The number of hydrogen-bond acceptors (Lipinski definition) is 2. The van der Waals surface area contributed by atoms with Crippen LogP contribution in [0.15, 0.2) is 36.5 Å². The summed E-state index contributed by atoms with van der Waals surface area (Å²) in [6.07, 6.45) is 2.52. The second-order valence-electron chi connectivity index (χ2n) is 3.86. The van der Waals surface area contributed by atoms with Crippen LogP contribution < -0.4 is 0 Å². The number of aromatic nitrogens is 1. The summed E-state index contributed by atoms with van der Waals surface area (Å²) in [7, 11) is 0. The van der Waals surface area contributed by atoms with Crippen LogP contribution in [-0.2, 0) is 0 Å². The Morgan fingerprint density at radius 3 is 2.44 bits per heavy atom. The topological polar surface area (TPSA) is 30.0 Å². The molecule has 1 aromatic heterocycles. The van der Waals surface area contributed by atoms with Crippen LogP contribution in [0.2, 0.25) is 0 Å². The van der Waals surface area contributed by atoms with Crippen LogP contribution in [0.25, 0.3) is 11.3 Å². The van der Waals surface area contributed by atoms with Crippen molar-refractivity contribution < 1.29 is 4.79 Å². The fraction of sp³-hybridized carbons (Fsp3) is 0.143. The third-order valence-corrected chi connectivity index (χ3v) is 2.66. The summed E-state index contributed by atoms with van der Waals surface area (Å²) >= 11 is 0. The van der Waals surface area contributed by atoms with E-state index in [9.17, 15) is 4.79 Å². The molecule has 0 aliphatic heterocycles. The van der Waals surface area contributed by atoms with Crippen molar-refractivity contribution in [3.8, 4) is 11.3 Å². The Morgan fingerprint density at radius 1 is 1.12 bits per heavy atom. The first-order valence-electron chi connectivity index (χ1n) is 5.20. The number of carbonyl (C=O) groups excluding carboxylic acids is 1. The molecule has 0 unspecified atom stereocenters. The zero-order chi connectivity index (χ0) is 11.5. The van der Waals surface area contributed by atoms with Gasteiger partial charge in [-0.15, -0.1) is 0 Å². The molecule has 0 atom stereocenters. The summed E-state index contributed by atoms with van der Waals surface area (Å²) in [5.74, 6) is 0. The summed E-state index contributed by atoms with van der Waals surface area (Å²) < 4.78 is 0. The molecule has 2 nitrogen and oxygen atoms in total. The molecule has 80 valence electrons. The maximum Gasteiger partial charge on any atom is 0.150 e. The number of aryl methyl sites for hydroxylation is 2. The van der Waals surface area contributed by atoms with Crippen LogP contribution in [0, 0.1) is 13.8 Å². The summed E-state index contributed by atoms with van der Waals surface area (Å²) in [5, 5.41) is 0. The zero-order valence-electron chi connectivity index (χ0n) is 9.40. The molecule has 0 aliphatic carbocycles. The van der Waals surface area contributed by atoms with Crippen molar-refractivity contribution in [2.24, 2.45) is 0 Å². The first-order valence-corrected chi connectivity index (χ1v) is 5.20. The van der Waals surface area contributed by atoms with Crippen LogP contribution >= 0.6 is 0 Å². The molecule has 0 N–H and O–H groups in total. The molecule has 0 bridgehead atoms. The van der Waals surface area contributed by atoms with Gasteiger partial charge in [-0.2, -0.15) is 0 Å². The van der Waals surface area contributed by atoms with Gasteiger partial charge in [0, 0.05) is 17.3 Å². The first kappa shape index (κ1) is 10.6. The van der Waals surface area contributed by atoms with Crippen LogP contribution in [-0.4, -0.2) is 11.3 Å². The van der Waals surface area contributed by atoms with Gasteiger partial charge in [-0.25, -0.2) is 0 Å². The molecule has 1 heterocycles. The Labute approximate surface area is 95.0 Å². The van der Waals surface area contributed by atoms with Crippen molar-refractivity contribution in [2.75, 3.05) is 0 Å². The molecule has 0 amide bonds. The van der Waals surface area contributed by atoms with E-state index >= 15 is 0 Å². The normalized spacial score (nSPS) is 10.1. The molecular formula is C14H13NO. The average molecular weight is 211 g/mol. The summed E-state index contributed by atoms with van der Waals surface area (Å²) in [6, 6.07) is 9.67. The van der Waals surface area contributed by atoms with Gasteiger partial charge in [0.2, 0.25) is 0 Å². The molecule has 0 spiro atoms. The van der Waals surface area contributed by atoms with E-state index in [-0.39, 0.29) is 0 Å². The second-order valence-corrected chi connectivity index (χ2v) is 3.86. The minimum atomic E-state index is 0.660. The third kappa shape index (κ3) is 1.87. The fourth-order valence-corrected chi connectivity index (χ4v) is 1.88. The molecule has 1 aromatic carbocycles. The maximum atomic E-state index is 10.7. The first-order chi connectivity index (χ1) is 7.72. The standard InChI is InChI=1S/C14H13NO/c1-10-4-3-5-11(2)14(10)13-8-12(9-16)6-7-15-13/h3-9H,1-2H3. The quantitative estimate of drug-likeness (QED) is 0.714.